The molecule has 0 saturated heterocycles. The number of benzene rings is 3. The second kappa shape index (κ2) is 7.71. The molecule has 148 valence electrons. The van der Waals surface area contributed by atoms with Crippen molar-refractivity contribution in [3.05, 3.63) is 65.7 Å². The molecule has 0 radical (unpaired) electrons. The number of hydrogen-bond acceptors (Lipinski definition) is 6. The fourth-order valence-electron chi connectivity index (χ4n) is 3.08. The highest BCUT2D eigenvalue weighted by Gasteiger charge is 2.22. The number of hydrogen-bond donors (Lipinski definition) is 2. The van der Waals surface area contributed by atoms with Crippen molar-refractivity contribution in [1.82, 2.24) is 5.32 Å². The minimum atomic E-state index is -1.03. The van der Waals surface area contributed by atoms with Crippen LogP contribution < -0.4 is 14.8 Å². The highest BCUT2D eigenvalue weighted by Crippen LogP contribution is 2.32. The maximum Gasteiger partial charge on any atom is 0.342 e. The quantitative estimate of drug-likeness (QED) is 0.647. The number of esters is 1. The van der Waals surface area contributed by atoms with E-state index < -0.39 is 18.0 Å². The first-order valence-electron chi connectivity index (χ1n) is 9.11. The minimum Gasteiger partial charge on any atom is -0.506 e. The molecule has 0 saturated carbocycles. The lowest BCUT2D eigenvalue weighted by atomic mass is 10.1. The molecule has 0 fully saturated rings. The molecule has 29 heavy (non-hydrogen) atoms. The van der Waals surface area contributed by atoms with Gasteiger partial charge in [-0.2, -0.15) is 0 Å². The van der Waals surface area contributed by atoms with Gasteiger partial charge in [-0.05, 0) is 36.1 Å². The Hall–Kier alpha value is -3.74. The minimum absolute atomic E-state index is 0.0131. The molecule has 4 rings (SSSR count). The zero-order chi connectivity index (χ0) is 20.4. The van der Waals surface area contributed by atoms with Gasteiger partial charge in [-0.1, -0.05) is 36.4 Å². The number of amides is 1. The molecule has 1 unspecified atom stereocenters. The first kappa shape index (κ1) is 18.6. The summed E-state index contributed by atoms with van der Waals surface area (Å²) in [5.74, 6) is -0.0862. The van der Waals surface area contributed by atoms with Crippen LogP contribution in [0.5, 0.6) is 17.2 Å². The summed E-state index contributed by atoms with van der Waals surface area (Å²) in [5.41, 5.74) is 0.840. The molecule has 1 heterocycles. The second-order valence-electron chi connectivity index (χ2n) is 6.64. The van der Waals surface area contributed by atoms with Gasteiger partial charge in [-0.3, -0.25) is 4.79 Å². The average Bonchev–Trinajstić information content (AvgIpc) is 3.20. The Morgan fingerprint density at radius 3 is 2.76 bits per heavy atom. The maximum absolute atomic E-state index is 12.4. The van der Waals surface area contributed by atoms with E-state index in [1.54, 1.807) is 30.3 Å². The lowest BCUT2D eigenvalue weighted by molar-refractivity contribution is -0.129. The van der Waals surface area contributed by atoms with Gasteiger partial charge in [-0.15, -0.1) is 0 Å². The van der Waals surface area contributed by atoms with Crippen LogP contribution >= 0.6 is 0 Å². The average molecular weight is 393 g/mol. The van der Waals surface area contributed by atoms with Crippen molar-refractivity contribution in [3.63, 3.8) is 0 Å². The number of nitrogens with one attached hydrogen (secondary N) is 1. The van der Waals surface area contributed by atoms with Gasteiger partial charge in [0.2, 0.25) is 6.79 Å². The topological polar surface area (TPSA) is 94.1 Å². The van der Waals surface area contributed by atoms with Crippen molar-refractivity contribution in [2.24, 2.45) is 0 Å². The van der Waals surface area contributed by atoms with E-state index in [9.17, 15) is 14.7 Å². The van der Waals surface area contributed by atoms with Gasteiger partial charge < -0.3 is 24.6 Å². The van der Waals surface area contributed by atoms with Crippen molar-refractivity contribution in [2.45, 2.75) is 19.6 Å². The molecule has 0 aromatic heterocycles. The summed E-state index contributed by atoms with van der Waals surface area (Å²) < 4.78 is 15.8. The highest BCUT2D eigenvalue weighted by atomic mass is 16.7. The molecular weight excluding hydrogens is 374 g/mol. The molecule has 7 heteroatoms. The zero-order valence-corrected chi connectivity index (χ0v) is 15.7. The number of carbonyl (C=O) groups excluding carboxylic acids is 2. The summed E-state index contributed by atoms with van der Waals surface area (Å²) >= 11 is 0. The van der Waals surface area contributed by atoms with Crippen molar-refractivity contribution in [1.29, 1.82) is 0 Å². The molecule has 3 aromatic carbocycles. The van der Waals surface area contributed by atoms with Gasteiger partial charge in [0.05, 0.1) is 0 Å². The van der Waals surface area contributed by atoms with Gasteiger partial charge in [0.15, 0.2) is 17.6 Å². The van der Waals surface area contributed by atoms with Crippen LogP contribution in [0.25, 0.3) is 10.8 Å². The molecule has 7 nitrogen and oxygen atoms in total. The molecule has 0 aliphatic carbocycles. The van der Waals surface area contributed by atoms with E-state index in [1.165, 1.54) is 13.0 Å². The summed E-state index contributed by atoms with van der Waals surface area (Å²) in [5, 5.41) is 14.4. The van der Waals surface area contributed by atoms with Gasteiger partial charge in [0.25, 0.3) is 5.91 Å². The number of fused-ring (bicyclic) bond motifs is 2. The summed E-state index contributed by atoms with van der Waals surface area (Å²) in [7, 11) is 0. The van der Waals surface area contributed by atoms with Crippen molar-refractivity contribution < 1.29 is 28.9 Å². The summed E-state index contributed by atoms with van der Waals surface area (Å²) in [6.07, 6.45) is -1.03. The molecule has 3 aromatic rings. The Balaban J connectivity index is 1.38. The van der Waals surface area contributed by atoms with E-state index in [1.807, 2.05) is 18.2 Å². The van der Waals surface area contributed by atoms with E-state index in [4.69, 9.17) is 14.2 Å². The van der Waals surface area contributed by atoms with E-state index >= 15 is 0 Å². The summed E-state index contributed by atoms with van der Waals surface area (Å²) in [6, 6.07) is 15.7. The molecule has 0 bridgehead atoms. The number of phenolic OH excluding ortho intramolecular Hbond substituents is 1. The zero-order valence-electron chi connectivity index (χ0n) is 15.7. The van der Waals surface area contributed by atoms with Crippen LogP contribution in [0.1, 0.15) is 22.8 Å². The summed E-state index contributed by atoms with van der Waals surface area (Å²) in [4.78, 5) is 24.7. The smallest absolute Gasteiger partial charge is 0.342 e. The molecule has 0 spiro atoms. The van der Waals surface area contributed by atoms with Crippen molar-refractivity contribution >= 4 is 22.6 Å². The van der Waals surface area contributed by atoms with Crippen LogP contribution in [0.2, 0.25) is 0 Å². The number of rotatable bonds is 5. The van der Waals surface area contributed by atoms with Crippen LogP contribution in [0.3, 0.4) is 0 Å². The number of carbonyl (C=O) groups is 2. The fraction of sp³-hybridized carbons (Fsp3) is 0.182. The van der Waals surface area contributed by atoms with Crippen molar-refractivity contribution in [2.75, 3.05) is 6.79 Å². The predicted octanol–water partition coefficient (Wildman–Crippen LogP) is 3.14. The van der Waals surface area contributed by atoms with Crippen LogP contribution in [0.4, 0.5) is 0 Å². The van der Waals surface area contributed by atoms with E-state index in [2.05, 4.69) is 5.32 Å². The van der Waals surface area contributed by atoms with Crippen LogP contribution in [0, 0.1) is 0 Å². The molecule has 1 atom stereocenters. The fourth-order valence-corrected chi connectivity index (χ4v) is 3.08. The molecular formula is C22H19NO6. The van der Waals surface area contributed by atoms with Crippen LogP contribution in [-0.4, -0.2) is 29.9 Å². The Morgan fingerprint density at radius 1 is 1.10 bits per heavy atom. The number of ether oxygens (including phenoxy) is 3. The summed E-state index contributed by atoms with van der Waals surface area (Å²) in [6.45, 7) is 1.91. The van der Waals surface area contributed by atoms with E-state index in [-0.39, 0.29) is 24.7 Å². The molecule has 1 amide bonds. The molecule has 1 aliphatic rings. The predicted molar refractivity (Wildman–Crippen MR) is 105 cm³/mol. The third-order valence-electron chi connectivity index (χ3n) is 4.68. The van der Waals surface area contributed by atoms with Crippen LogP contribution in [-0.2, 0) is 16.1 Å². The SMILES string of the molecule is CC(OC(=O)c1ccc2ccccc2c1O)C(=O)NCc1ccc2c(c1)OCO2. The Labute approximate surface area is 166 Å². The molecule has 2 N–H and O–H groups in total. The largest absolute Gasteiger partial charge is 0.506 e. The lowest BCUT2D eigenvalue weighted by Gasteiger charge is -2.15. The van der Waals surface area contributed by atoms with Gasteiger partial charge in [0.1, 0.15) is 11.3 Å². The Bertz CT molecular complexity index is 1090. The Morgan fingerprint density at radius 2 is 1.90 bits per heavy atom. The number of phenols is 1. The monoisotopic (exact) mass is 393 g/mol. The number of aromatic hydroxyl groups is 1. The highest BCUT2D eigenvalue weighted by molar-refractivity contribution is 6.01. The molecule has 1 aliphatic heterocycles. The van der Waals surface area contributed by atoms with E-state index in [0.717, 1.165) is 10.9 Å². The Kier molecular flexibility index (Phi) is 4.95. The van der Waals surface area contributed by atoms with Crippen molar-refractivity contribution in [3.8, 4) is 17.2 Å². The standard InChI is InChI=1S/C22H19NO6/c1-13(21(25)23-11-14-6-9-18-19(10-14)28-12-27-18)29-22(26)17-8-7-15-4-2-3-5-16(15)20(17)24/h2-10,13,24H,11-12H2,1H3,(H,23,25). The lowest BCUT2D eigenvalue weighted by Crippen LogP contribution is -2.35. The van der Waals surface area contributed by atoms with E-state index in [0.29, 0.717) is 16.9 Å². The second-order valence-corrected chi connectivity index (χ2v) is 6.64. The maximum atomic E-state index is 12.4. The van der Waals surface area contributed by atoms with Gasteiger partial charge in [-0.25, -0.2) is 4.79 Å². The van der Waals surface area contributed by atoms with Gasteiger partial charge in [0, 0.05) is 11.9 Å². The van der Waals surface area contributed by atoms with Crippen LogP contribution in [0.15, 0.2) is 54.6 Å². The normalized spacial score (nSPS) is 13.1. The third-order valence-corrected chi connectivity index (χ3v) is 4.68. The first-order valence-corrected chi connectivity index (χ1v) is 9.11. The van der Waals surface area contributed by atoms with Gasteiger partial charge >= 0.3 is 5.97 Å². The first-order chi connectivity index (χ1) is 14.0. The third kappa shape index (κ3) is 3.80.